The zero-order chi connectivity index (χ0) is 27.9. The van der Waals surface area contributed by atoms with E-state index < -0.39 is 21.7 Å². The van der Waals surface area contributed by atoms with Gasteiger partial charge in [-0.05, 0) is 48.0 Å². The minimum atomic E-state index is -3.53. The van der Waals surface area contributed by atoms with Crippen molar-refractivity contribution in [1.82, 2.24) is 20.3 Å². The average molecular weight is 566 g/mol. The Balaban J connectivity index is 1.19. The number of amides is 1. The number of alkyl halides is 2. The normalized spacial score (nSPS) is 17.8. The lowest BCUT2D eigenvalue weighted by atomic mass is 10.1. The summed E-state index contributed by atoms with van der Waals surface area (Å²) in [4.78, 5) is 28.2. The van der Waals surface area contributed by atoms with Crippen LogP contribution >= 0.6 is 0 Å². The van der Waals surface area contributed by atoms with Gasteiger partial charge >= 0.3 is 0 Å². The molecule has 9 nitrogen and oxygen atoms in total. The second-order valence-electron chi connectivity index (χ2n) is 9.85. The maximum atomic E-state index is 13.7. The van der Waals surface area contributed by atoms with Gasteiger partial charge in [0.25, 0.3) is 11.8 Å². The van der Waals surface area contributed by atoms with Crippen LogP contribution in [-0.4, -0.2) is 60.6 Å². The maximum Gasteiger partial charge on any atom is 0.266 e. The molecule has 0 atom stereocenters. The number of ether oxygens (including phenoxy) is 1. The lowest BCUT2D eigenvalue weighted by Gasteiger charge is -2.17. The molecule has 3 aromatic heterocycles. The van der Waals surface area contributed by atoms with E-state index in [2.05, 4.69) is 15.3 Å². The first-order valence-corrected chi connectivity index (χ1v) is 14.4. The zero-order valence-electron chi connectivity index (χ0n) is 21.3. The molecular formula is C28H25F2N5O4S. The van der Waals surface area contributed by atoms with Crippen LogP contribution in [-0.2, 0) is 27.7 Å². The third-order valence-corrected chi connectivity index (χ3v) is 8.72. The Morgan fingerprint density at radius 1 is 1.07 bits per heavy atom. The van der Waals surface area contributed by atoms with Crippen molar-refractivity contribution in [2.75, 3.05) is 30.3 Å². The molecule has 5 heterocycles. The molecule has 0 saturated carbocycles. The van der Waals surface area contributed by atoms with E-state index in [1.54, 1.807) is 53.6 Å². The minimum absolute atomic E-state index is 0.102. The number of anilines is 1. The van der Waals surface area contributed by atoms with Crippen molar-refractivity contribution >= 4 is 32.5 Å². The van der Waals surface area contributed by atoms with Crippen molar-refractivity contribution in [3.8, 4) is 11.4 Å². The molecule has 4 aromatic rings. The third-order valence-electron chi connectivity index (χ3n) is 6.97. The molecule has 40 heavy (non-hydrogen) atoms. The molecule has 0 spiro atoms. The molecule has 1 N–H and O–H groups in total. The highest BCUT2D eigenvalue weighted by atomic mass is 32.2. The lowest BCUT2D eigenvalue weighted by molar-refractivity contribution is 0.0256. The van der Waals surface area contributed by atoms with Gasteiger partial charge in [0.05, 0.1) is 59.6 Å². The fourth-order valence-electron chi connectivity index (χ4n) is 4.81. The van der Waals surface area contributed by atoms with Crippen LogP contribution in [0.2, 0.25) is 0 Å². The minimum Gasteiger partial charge on any atom is -0.376 e. The Morgan fingerprint density at radius 2 is 1.93 bits per heavy atom. The zero-order valence-corrected chi connectivity index (χ0v) is 22.1. The molecule has 12 heteroatoms. The standard InChI is InChI=1S/C28H25F2N5O4S/c29-28(30)8-9-35(17-28)26-3-1-2-22(34-26)23-7-6-19-14-31-21(13-24(19)33-23)15-32-27(36)18-4-5-20-16-39-10-11-40(37,38)25(20)12-18/h1-7,12-14H,8-11,15-17H2,(H,32,36). The van der Waals surface area contributed by atoms with Crippen molar-refractivity contribution in [3.63, 3.8) is 0 Å². The highest BCUT2D eigenvalue weighted by molar-refractivity contribution is 7.91. The molecule has 1 aromatic carbocycles. The van der Waals surface area contributed by atoms with Crippen LogP contribution in [0.4, 0.5) is 14.6 Å². The fraction of sp³-hybridized carbons (Fsp3) is 0.286. The molecule has 2 aliphatic rings. The number of aromatic nitrogens is 3. The number of carbonyl (C=O) groups excluding carboxylic acids is 1. The van der Waals surface area contributed by atoms with Gasteiger partial charge in [0, 0.05) is 30.1 Å². The first-order valence-electron chi connectivity index (χ1n) is 12.7. The number of rotatable bonds is 5. The predicted molar refractivity (Wildman–Crippen MR) is 144 cm³/mol. The molecule has 1 fully saturated rings. The number of pyridine rings is 3. The summed E-state index contributed by atoms with van der Waals surface area (Å²) in [6.07, 6.45) is 1.46. The highest BCUT2D eigenvalue weighted by Crippen LogP contribution is 2.31. The van der Waals surface area contributed by atoms with Gasteiger partial charge in [0.15, 0.2) is 9.84 Å². The van der Waals surface area contributed by atoms with Crippen LogP contribution in [0.1, 0.15) is 28.0 Å². The largest absolute Gasteiger partial charge is 0.376 e. The Labute approximate surface area is 229 Å². The molecular weight excluding hydrogens is 540 g/mol. The molecule has 6 rings (SSSR count). The molecule has 0 aliphatic carbocycles. The summed E-state index contributed by atoms with van der Waals surface area (Å²) >= 11 is 0. The van der Waals surface area contributed by atoms with Crippen LogP contribution in [0, 0.1) is 0 Å². The average Bonchev–Trinajstić information content (AvgIpc) is 3.25. The number of fused-ring (bicyclic) bond motifs is 2. The summed E-state index contributed by atoms with van der Waals surface area (Å²) in [5.41, 5.74) is 3.09. The van der Waals surface area contributed by atoms with Gasteiger partial charge in [-0.1, -0.05) is 12.1 Å². The smallest absolute Gasteiger partial charge is 0.266 e. The van der Waals surface area contributed by atoms with Crippen molar-refractivity contribution in [1.29, 1.82) is 0 Å². The number of nitrogens with zero attached hydrogens (tertiary/aromatic N) is 4. The summed E-state index contributed by atoms with van der Waals surface area (Å²) < 4.78 is 57.8. The van der Waals surface area contributed by atoms with Crippen LogP contribution in [0.15, 0.2) is 65.7 Å². The molecule has 1 saturated heterocycles. The molecule has 2 aliphatic heterocycles. The summed E-state index contributed by atoms with van der Waals surface area (Å²) in [7, 11) is -3.53. The van der Waals surface area contributed by atoms with Gasteiger partial charge in [0.2, 0.25) is 0 Å². The van der Waals surface area contributed by atoms with Crippen molar-refractivity contribution in [3.05, 3.63) is 77.6 Å². The molecule has 0 radical (unpaired) electrons. The molecule has 0 bridgehead atoms. The number of nitrogens with one attached hydrogen (secondary N) is 1. The Kier molecular flexibility index (Phi) is 6.67. The summed E-state index contributed by atoms with van der Waals surface area (Å²) in [6.45, 7) is 0.280. The number of benzene rings is 1. The van der Waals surface area contributed by atoms with E-state index in [1.165, 1.54) is 6.07 Å². The second kappa shape index (κ2) is 10.2. The van der Waals surface area contributed by atoms with Gasteiger partial charge in [-0.3, -0.25) is 9.78 Å². The highest BCUT2D eigenvalue weighted by Gasteiger charge is 2.38. The predicted octanol–water partition coefficient (Wildman–Crippen LogP) is 3.77. The Hall–Kier alpha value is -4.03. The molecule has 1 amide bonds. The Bertz CT molecular complexity index is 1730. The van der Waals surface area contributed by atoms with Crippen LogP contribution < -0.4 is 10.2 Å². The van der Waals surface area contributed by atoms with E-state index in [4.69, 9.17) is 9.72 Å². The van der Waals surface area contributed by atoms with Crippen molar-refractivity contribution in [2.24, 2.45) is 0 Å². The van der Waals surface area contributed by atoms with Crippen LogP contribution in [0.3, 0.4) is 0 Å². The summed E-state index contributed by atoms with van der Waals surface area (Å²) in [6, 6.07) is 15.2. The molecule has 206 valence electrons. The van der Waals surface area contributed by atoms with Gasteiger partial charge in [-0.2, -0.15) is 0 Å². The van der Waals surface area contributed by atoms with Gasteiger partial charge in [-0.15, -0.1) is 0 Å². The van der Waals surface area contributed by atoms with Crippen LogP contribution in [0.5, 0.6) is 0 Å². The number of halogens is 2. The number of hydrogen-bond acceptors (Lipinski definition) is 8. The van der Waals surface area contributed by atoms with Crippen molar-refractivity contribution in [2.45, 2.75) is 30.4 Å². The van der Waals surface area contributed by atoms with E-state index in [0.717, 1.165) is 5.39 Å². The number of carbonyl (C=O) groups is 1. The third kappa shape index (κ3) is 5.36. The van der Waals surface area contributed by atoms with Gasteiger partial charge < -0.3 is 15.0 Å². The van der Waals surface area contributed by atoms with E-state index in [-0.39, 0.29) is 55.5 Å². The van der Waals surface area contributed by atoms with Gasteiger partial charge in [0.1, 0.15) is 5.82 Å². The SMILES string of the molecule is O=C(NCc1cc2nc(-c3cccc(N4CCC(F)(F)C4)n3)ccc2cn1)c1ccc2c(c1)S(=O)(=O)CCOC2. The van der Waals surface area contributed by atoms with E-state index in [1.807, 2.05) is 6.07 Å². The van der Waals surface area contributed by atoms with Gasteiger partial charge in [-0.25, -0.2) is 27.2 Å². The monoisotopic (exact) mass is 565 g/mol. The van der Waals surface area contributed by atoms with E-state index in [0.29, 0.717) is 34.0 Å². The Morgan fingerprint density at radius 3 is 2.75 bits per heavy atom. The fourth-order valence-corrected chi connectivity index (χ4v) is 6.20. The number of sulfone groups is 1. The topological polar surface area (TPSA) is 114 Å². The number of hydrogen-bond donors (Lipinski definition) is 1. The first kappa shape index (κ1) is 26.2. The molecule has 0 unspecified atom stereocenters. The van der Waals surface area contributed by atoms with Crippen molar-refractivity contribution < 1.29 is 26.7 Å². The van der Waals surface area contributed by atoms with E-state index in [9.17, 15) is 22.0 Å². The summed E-state index contributed by atoms with van der Waals surface area (Å²) in [5, 5.41) is 3.57. The quantitative estimate of drug-likeness (QED) is 0.389. The maximum absolute atomic E-state index is 13.7. The lowest BCUT2D eigenvalue weighted by Crippen LogP contribution is -2.25. The second-order valence-corrected chi connectivity index (χ2v) is 11.9. The van der Waals surface area contributed by atoms with E-state index >= 15 is 0 Å². The summed E-state index contributed by atoms with van der Waals surface area (Å²) in [5.74, 6) is -2.80. The van der Waals surface area contributed by atoms with Crippen LogP contribution in [0.25, 0.3) is 22.3 Å². The first-order chi connectivity index (χ1) is 19.2.